The molecule has 1 rings (SSSR count). The fourth-order valence-corrected chi connectivity index (χ4v) is 1.09. The summed E-state index contributed by atoms with van der Waals surface area (Å²) < 4.78 is 29.4. The smallest absolute Gasteiger partial charge is 0.331 e. The molecule has 1 atom stereocenters. The van der Waals surface area contributed by atoms with Crippen LogP contribution in [0.25, 0.3) is 0 Å². The van der Waals surface area contributed by atoms with Crippen LogP contribution in [0.2, 0.25) is 0 Å². The largest absolute Gasteiger partial charge is 0.380 e. The van der Waals surface area contributed by atoms with Gasteiger partial charge in [0.15, 0.2) is 5.60 Å². The Morgan fingerprint density at radius 2 is 2.20 bits per heavy atom. The summed E-state index contributed by atoms with van der Waals surface area (Å²) in [5.41, 5.74) is -2.01. The van der Waals surface area contributed by atoms with E-state index in [2.05, 4.69) is 20.7 Å². The molecule has 5 heteroatoms. The number of halogens is 3. The third-order valence-electron chi connectivity index (χ3n) is 1.53. The molecule has 0 amide bonds. The van der Waals surface area contributed by atoms with E-state index in [1.165, 1.54) is 0 Å². The molecule has 0 spiro atoms. The summed E-state index contributed by atoms with van der Waals surface area (Å²) >= 11 is 2.10. The highest BCUT2D eigenvalue weighted by Crippen LogP contribution is 2.39. The van der Waals surface area contributed by atoms with E-state index >= 15 is 0 Å². The van der Waals surface area contributed by atoms with E-state index in [4.69, 9.17) is 5.11 Å². The first-order valence-corrected chi connectivity index (χ1v) is 3.62. The first kappa shape index (κ1) is 8.36. The van der Waals surface area contributed by atoms with E-state index < -0.39 is 10.4 Å². The van der Waals surface area contributed by atoms with Crippen LogP contribution in [0, 0.1) is 0 Å². The Balaban J connectivity index is 2.67. The van der Waals surface area contributed by atoms with Crippen molar-refractivity contribution >= 4 is 15.9 Å². The zero-order valence-corrected chi connectivity index (χ0v) is 6.70. The second kappa shape index (κ2) is 2.39. The van der Waals surface area contributed by atoms with Gasteiger partial charge in [-0.2, -0.15) is 8.78 Å². The summed E-state index contributed by atoms with van der Waals surface area (Å²) in [6.45, 7) is -0.108. The highest BCUT2D eigenvalue weighted by Gasteiger charge is 2.53. The van der Waals surface area contributed by atoms with Crippen molar-refractivity contribution in [2.75, 3.05) is 13.2 Å². The van der Waals surface area contributed by atoms with Gasteiger partial charge in [-0.3, -0.25) is 0 Å². The minimum absolute atomic E-state index is 0.0226. The summed E-state index contributed by atoms with van der Waals surface area (Å²) in [6, 6.07) is 0. The molecule has 1 fully saturated rings. The standard InChI is InChI=1S/C5H7BrF2O2/c6-5(7,8)4(9)1-2-10-3-4/h9H,1-3H2. The quantitative estimate of drug-likeness (QED) is 0.667. The Labute approximate surface area is 65.3 Å². The van der Waals surface area contributed by atoms with Gasteiger partial charge in [-0.25, -0.2) is 0 Å². The zero-order chi connectivity index (χ0) is 7.83. The Kier molecular flexibility index (Phi) is 2.00. The molecule has 0 saturated carbocycles. The minimum atomic E-state index is -3.24. The normalized spacial score (nSPS) is 34.8. The number of aliphatic hydroxyl groups is 1. The molecule has 2 nitrogen and oxygen atoms in total. The van der Waals surface area contributed by atoms with Crippen LogP contribution in [-0.2, 0) is 4.74 Å². The van der Waals surface area contributed by atoms with Crippen molar-refractivity contribution in [3.05, 3.63) is 0 Å². The molecule has 0 aromatic rings. The first-order valence-electron chi connectivity index (χ1n) is 2.83. The Bertz CT molecular complexity index is 128. The van der Waals surface area contributed by atoms with Crippen LogP contribution in [-0.4, -0.2) is 28.8 Å². The van der Waals surface area contributed by atoms with Gasteiger partial charge >= 0.3 is 4.83 Å². The van der Waals surface area contributed by atoms with Crippen LogP contribution in [0.3, 0.4) is 0 Å². The molecule has 0 aromatic heterocycles. The van der Waals surface area contributed by atoms with Gasteiger partial charge < -0.3 is 9.84 Å². The number of ether oxygens (including phenoxy) is 1. The van der Waals surface area contributed by atoms with Gasteiger partial charge in [0, 0.05) is 13.0 Å². The molecule has 1 saturated heterocycles. The first-order chi connectivity index (χ1) is 4.46. The maximum Gasteiger partial charge on any atom is 0.331 e. The van der Waals surface area contributed by atoms with E-state index in [0.29, 0.717) is 0 Å². The van der Waals surface area contributed by atoms with E-state index in [0.717, 1.165) is 0 Å². The third-order valence-corrected chi connectivity index (χ3v) is 2.27. The highest BCUT2D eigenvalue weighted by molar-refractivity contribution is 9.10. The van der Waals surface area contributed by atoms with E-state index in [1.807, 2.05) is 0 Å². The Morgan fingerprint density at radius 1 is 1.60 bits per heavy atom. The fraction of sp³-hybridized carbons (Fsp3) is 1.00. The van der Waals surface area contributed by atoms with Gasteiger partial charge in [0.1, 0.15) is 0 Å². The average Bonchev–Trinajstić information content (AvgIpc) is 2.13. The van der Waals surface area contributed by atoms with Crippen molar-refractivity contribution in [1.82, 2.24) is 0 Å². The second-order valence-electron chi connectivity index (χ2n) is 2.33. The molecule has 0 aliphatic carbocycles. The predicted molar refractivity (Wildman–Crippen MR) is 34.3 cm³/mol. The molecule has 1 aliphatic heterocycles. The van der Waals surface area contributed by atoms with E-state index in [-0.39, 0.29) is 19.6 Å². The van der Waals surface area contributed by atoms with Gasteiger partial charge in [-0.05, 0) is 15.9 Å². The lowest BCUT2D eigenvalue weighted by Crippen LogP contribution is -2.44. The monoisotopic (exact) mass is 216 g/mol. The molecule has 0 bridgehead atoms. The summed E-state index contributed by atoms with van der Waals surface area (Å²) in [5.74, 6) is 0. The van der Waals surface area contributed by atoms with Gasteiger partial charge in [0.05, 0.1) is 6.61 Å². The van der Waals surface area contributed by atoms with E-state index in [1.54, 1.807) is 0 Å². The highest BCUT2D eigenvalue weighted by atomic mass is 79.9. The lowest BCUT2D eigenvalue weighted by molar-refractivity contribution is -0.115. The maximum absolute atomic E-state index is 12.4. The lowest BCUT2D eigenvalue weighted by Gasteiger charge is -2.25. The number of hydrogen-bond donors (Lipinski definition) is 1. The van der Waals surface area contributed by atoms with Crippen molar-refractivity contribution < 1.29 is 18.6 Å². The molecule has 0 aromatic carbocycles. The number of alkyl halides is 3. The Morgan fingerprint density at radius 3 is 2.40 bits per heavy atom. The molecule has 1 heterocycles. The van der Waals surface area contributed by atoms with Crippen molar-refractivity contribution in [1.29, 1.82) is 0 Å². The van der Waals surface area contributed by atoms with Crippen molar-refractivity contribution in [3.63, 3.8) is 0 Å². The summed E-state index contributed by atoms with van der Waals surface area (Å²) in [5, 5.41) is 9.11. The van der Waals surface area contributed by atoms with Gasteiger partial charge in [-0.15, -0.1) is 0 Å². The molecular weight excluding hydrogens is 210 g/mol. The summed E-state index contributed by atoms with van der Waals surface area (Å²) in [6.07, 6.45) is -0.0226. The van der Waals surface area contributed by atoms with Crippen LogP contribution in [0.4, 0.5) is 8.78 Å². The number of hydrogen-bond acceptors (Lipinski definition) is 2. The summed E-state index contributed by atoms with van der Waals surface area (Å²) in [7, 11) is 0. The predicted octanol–water partition coefficient (Wildman–Crippen LogP) is 1.13. The zero-order valence-electron chi connectivity index (χ0n) is 5.11. The third kappa shape index (κ3) is 1.31. The molecule has 1 aliphatic rings. The van der Waals surface area contributed by atoms with Crippen molar-refractivity contribution in [2.24, 2.45) is 0 Å². The molecule has 0 radical (unpaired) electrons. The van der Waals surface area contributed by atoms with Crippen LogP contribution < -0.4 is 0 Å². The molecule has 10 heavy (non-hydrogen) atoms. The van der Waals surface area contributed by atoms with Gasteiger partial charge in [-0.1, -0.05) is 0 Å². The molecular formula is C5H7BrF2O2. The van der Waals surface area contributed by atoms with Crippen LogP contribution >= 0.6 is 15.9 Å². The molecule has 1 unspecified atom stereocenters. The minimum Gasteiger partial charge on any atom is -0.380 e. The van der Waals surface area contributed by atoms with Crippen molar-refractivity contribution in [2.45, 2.75) is 16.9 Å². The number of rotatable bonds is 1. The van der Waals surface area contributed by atoms with Crippen LogP contribution in [0.15, 0.2) is 0 Å². The molecule has 1 N–H and O–H groups in total. The van der Waals surface area contributed by atoms with Gasteiger partial charge in [0.25, 0.3) is 0 Å². The maximum atomic E-state index is 12.4. The SMILES string of the molecule is OC1(C(F)(F)Br)CCOC1. The fourth-order valence-electron chi connectivity index (χ4n) is 0.778. The summed E-state index contributed by atoms with van der Waals surface area (Å²) in [4.78, 5) is -3.24. The van der Waals surface area contributed by atoms with Gasteiger partial charge in [0.2, 0.25) is 0 Å². The van der Waals surface area contributed by atoms with Crippen LogP contribution in [0.5, 0.6) is 0 Å². The topological polar surface area (TPSA) is 29.5 Å². The lowest BCUT2D eigenvalue weighted by atomic mass is 10.1. The van der Waals surface area contributed by atoms with Crippen molar-refractivity contribution in [3.8, 4) is 0 Å². The molecule has 60 valence electrons. The average molecular weight is 217 g/mol. The Hall–Kier alpha value is 0.260. The van der Waals surface area contributed by atoms with Crippen LogP contribution in [0.1, 0.15) is 6.42 Å². The second-order valence-corrected chi connectivity index (χ2v) is 3.33. The van der Waals surface area contributed by atoms with E-state index in [9.17, 15) is 8.78 Å².